The number of sulfonamides is 1. The van der Waals surface area contributed by atoms with Gasteiger partial charge in [-0.1, -0.05) is 12.1 Å². The number of amidine groups is 1. The lowest BCUT2D eigenvalue weighted by Gasteiger charge is -2.18. The summed E-state index contributed by atoms with van der Waals surface area (Å²) in [4.78, 5) is 6.21. The third kappa shape index (κ3) is 3.17. The molecule has 1 rings (SSSR count). The van der Waals surface area contributed by atoms with Gasteiger partial charge < -0.3 is 15.9 Å². The van der Waals surface area contributed by atoms with Gasteiger partial charge in [-0.25, -0.2) is 13.4 Å². The van der Waals surface area contributed by atoms with Gasteiger partial charge >= 0.3 is 0 Å². The number of nitrogens with two attached hydrogens (primary N) is 1. The van der Waals surface area contributed by atoms with Gasteiger partial charge in [-0.3, -0.25) is 0 Å². The molecule has 96 valence electrons. The van der Waals surface area contributed by atoms with E-state index in [9.17, 15) is 8.42 Å². The van der Waals surface area contributed by atoms with Crippen LogP contribution >= 0.6 is 0 Å². The fraction of sp³-hybridized carbons (Fsp3) is 0.500. The van der Waals surface area contributed by atoms with Crippen LogP contribution in [0.15, 0.2) is 22.7 Å². The summed E-state index contributed by atoms with van der Waals surface area (Å²) in [5, 5.41) is 11.2. The molecule has 0 bridgehead atoms. The van der Waals surface area contributed by atoms with E-state index >= 15 is 0 Å². The number of oxime groups is 1. The van der Waals surface area contributed by atoms with E-state index in [4.69, 9.17) is 10.9 Å². The Balaban J connectivity index is 2.81. The number of rotatable bonds is 6. The minimum atomic E-state index is -3.59. The zero-order valence-corrected chi connectivity index (χ0v) is 10.2. The molecule has 0 aliphatic heterocycles. The summed E-state index contributed by atoms with van der Waals surface area (Å²) in [5.74, 6) is -0.0109. The van der Waals surface area contributed by atoms with Crippen molar-refractivity contribution in [3.05, 3.63) is 12.5 Å². The molecule has 0 atom stereocenters. The molecule has 8 nitrogen and oxygen atoms in total. The number of imidazole rings is 1. The molecule has 1 aromatic rings. The average Bonchev–Trinajstić information content (AvgIpc) is 2.83. The standard InChI is InChI=1S/C8H15N5O3S/c1-2-13(4-3-7(9)12-14)17(15,16)8-5-10-6-11-8/h5-6,14H,2-4H2,1H3,(H2,9,12)(H,10,11). The van der Waals surface area contributed by atoms with Gasteiger partial charge in [0.05, 0.1) is 12.5 Å². The molecule has 0 saturated carbocycles. The van der Waals surface area contributed by atoms with E-state index in [1.54, 1.807) is 6.92 Å². The first-order valence-electron chi connectivity index (χ1n) is 4.97. The second-order valence-corrected chi connectivity index (χ2v) is 5.16. The maximum absolute atomic E-state index is 12.0. The Kier molecular flexibility index (Phi) is 4.46. The van der Waals surface area contributed by atoms with Gasteiger partial charge in [0, 0.05) is 19.5 Å². The Bertz CT molecular complexity index is 467. The molecule has 0 saturated heterocycles. The van der Waals surface area contributed by atoms with Crippen LogP contribution in [0.5, 0.6) is 0 Å². The lowest BCUT2D eigenvalue weighted by atomic mass is 10.4. The van der Waals surface area contributed by atoms with E-state index in [-0.39, 0.29) is 23.8 Å². The van der Waals surface area contributed by atoms with Crippen LogP contribution in [0.2, 0.25) is 0 Å². The lowest BCUT2D eigenvalue weighted by molar-refractivity contribution is 0.315. The van der Waals surface area contributed by atoms with Crippen LogP contribution in [0.1, 0.15) is 13.3 Å². The molecule has 0 amide bonds. The van der Waals surface area contributed by atoms with Gasteiger partial charge in [0.25, 0.3) is 10.0 Å². The topological polar surface area (TPSA) is 125 Å². The van der Waals surface area contributed by atoms with Crippen molar-refractivity contribution in [3.8, 4) is 0 Å². The van der Waals surface area contributed by atoms with Gasteiger partial charge in [0.1, 0.15) is 5.84 Å². The van der Waals surface area contributed by atoms with Crippen molar-refractivity contribution in [2.75, 3.05) is 13.1 Å². The normalized spacial score (nSPS) is 13.2. The van der Waals surface area contributed by atoms with Gasteiger partial charge in [0.15, 0.2) is 5.03 Å². The Morgan fingerprint density at radius 2 is 2.41 bits per heavy atom. The number of hydrogen-bond donors (Lipinski definition) is 3. The summed E-state index contributed by atoms with van der Waals surface area (Å²) >= 11 is 0. The molecule has 0 fully saturated rings. The Morgan fingerprint density at radius 3 is 2.88 bits per heavy atom. The Morgan fingerprint density at radius 1 is 1.71 bits per heavy atom. The predicted molar refractivity (Wildman–Crippen MR) is 61.0 cm³/mol. The molecule has 0 radical (unpaired) electrons. The molecule has 9 heteroatoms. The van der Waals surface area contributed by atoms with Crippen molar-refractivity contribution >= 4 is 15.9 Å². The van der Waals surface area contributed by atoms with Crippen molar-refractivity contribution in [3.63, 3.8) is 0 Å². The number of nitrogens with zero attached hydrogens (tertiary/aromatic N) is 3. The smallest absolute Gasteiger partial charge is 0.260 e. The molecular weight excluding hydrogens is 246 g/mol. The van der Waals surface area contributed by atoms with Crippen molar-refractivity contribution in [2.24, 2.45) is 10.9 Å². The maximum atomic E-state index is 12.0. The van der Waals surface area contributed by atoms with Crippen LogP contribution in [0.3, 0.4) is 0 Å². The summed E-state index contributed by atoms with van der Waals surface area (Å²) in [7, 11) is -3.59. The van der Waals surface area contributed by atoms with Crippen molar-refractivity contribution < 1.29 is 13.6 Å². The number of hydrogen-bond acceptors (Lipinski definition) is 5. The second kappa shape index (κ2) is 5.64. The molecule has 0 aliphatic carbocycles. The summed E-state index contributed by atoms with van der Waals surface area (Å²) in [6, 6.07) is 0. The third-order valence-corrected chi connectivity index (χ3v) is 4.09. The van der Waals surface area contributed by atoms with E-state index in [2.05, 4.69) is 15.1 Å². The zero-order chi connectivity index (χ0) is 12.9. The average molecular weight is 261 g/mol. The fourth-order valence-corrected chi connectivity index (χ4v) is 2.61. The molecular formula is C8H15N5O3S. The zero-order valence-electron chi connectivity index (χ0n) is 9.37. The Hall–Kier alpha value is -1.61. The second-order valence-electron chi connectivity index (χ2n) is 3.25. The van der Waals surface area contributed by atoms with Gasteiger partial charge in [-0.2, -0.15) is 4.31 Å². The highest BCUT2D eigenvalue weighted by atomic mass is 32.2. The monoisotopic (exact) mass is 261 g/mol. The van der Waals surface area contributed by atoms with Gasteiger partial charge in [-0.15, -0.1) is 0 Å². The summed E-state index contributed by atoms with van der Waals surface area (Å²) in [6.07, 6.45) is 2.70. The number of nitrogens with one attached hydrogen (secondary N) is 1. The van der Waals surface area contributed by atoms with Crippen LogP contribution in [0, 0.1) is 0 Å². The highest BCUT2D eigenvalue weighted by molar-refractivity contribution is 7.89. The van der Waals surface area contributed by atoms with Crippen LogP contribution in [-0.4, -0.2) is 46.8 Å². The van der Waals surface area contributed by atoms with E-state index in [1.807, 2.05) is 0 Å². The molecule has 0 aliphatic rings. The Labute approximate surface area is 99.2 Å². The molecule has 1 aromatic heterocycles. The van der Waals surface area contributed by atoms with E-state index in [0.717, 1.165) is 0 Å². The minimum absolute atomic E-state index is 0.0109. The quantitative estimate of drug-likeness (QED) is 0.277. The van der Waals surface area contributed by atoms with E-state index < -0.39 is 10.0 Å². The maximum Gasteiger partial charge on any atom is 0.260 e. The van der Waals surface area contributed by atoms with Gasteiger partial charge in [0.2, 0.25) is 0 Å². The highest BCUT2D eigenvalue weighted by Crippen LogP contribution is 2.11. The summed E-state index contributed by atoms with van der Waals surface area (Å²) in [6.45, 7) is 2.15. The largest absolute Gasteiger partial charge is 0.409 e. The fourth-order valence-electron chi connectivity index (χ4n) is 1.26. The first-order valence-corrected chi connectivity index (χ1v) is 6.41. The van der Waals surface area contributed by atoms with E-state index in [0.29, 0.717) is 6.54 Å². The molecule has 17 heavy (non-hydrogen) atoms. The predicted octanol–water partition coefficient (Wildman–Crippen LogP) is -0.443. The molecule has 0 spiro atoms. The summed E-state index contributed by atoms with van der Waals surface area (Å²) < 4.78 is 25.3. The number of H-pyrrole nitrogens is 1. The first kappa shape index (κ1) is 13.5. The molecule has 4 N–H and O–H groups in total. The summed E-state index contributed by atoms with van der Waals surface area (Å²) in [5.41, 5.74) is 5.30. The minimum Gasteiger partial charge on any atom is -0.409 e. The SMILES string of the molecule is CCN(CCC(N)=NO)S(=O)(=O)c1cnc[nH]1. The van der Waals surface area contributed by atoms with Crippen LogP contribution < -0.4 is 5.73 Å². The number of aromatic nitrogens is 2. The first-order chi connectivity index (χ1) is 8.02. The highest BCUT2D eigenvalue weighted by Gasteiger charge is 2.24. The van der Waals surface area contributed by atoms with Crippen molar-refractivity contribution in [1.82, 2.24) is 14.3 Å². The van der Waals surface area contributed by atoms with Crippen molar-refractivity contribution in [2.45, 2.75) is 18.4 Å². The van der Waals surface area contributed by atoms with Crippen molar-refractivity contribution in [1.29, 1.82) is 0 Å². The van der Waals surface area contributed by atoms with Crippen LogP contribution in [0.4, 0.5) is 0 Å². The third-order valence-electron chi connectivity index (χ3n) is 2.19. The molecule has 0 unspecified atom stereocenters. The van der Waals surface area contributed by atoms with Crippen LogP contribution in [-0.2, 0) is 10.0 Å². The number of aromatic amines is 1. The van der Waals surface area contributed by atoms with Gasteiger partial charge in [-0.05, 0) is 0 Å². The molecule has 0 aromatic carbocycles. The van der Waals surface area contributed by atoms with Crippen LogP contribution in [0.25, 0.3) is 0 Å². The van der Waals surface area contributed by atoms with E-state index in [1.165, 1.54) is 16.8 Å². The molecule has 1 heterocycles. The lowest BCUT2D eigenvalue weighted by Crippen LogP contribution is -2.34.